The first-order valence-corrected chi connectivity index (χ1v) is 12.1. The topological polar surface area (TPSA) is 85.4 Å². The van der Waals surface area contributed by atoms with E-state index in [0.717, 1.165) is 42.7 Å². The van der Waals surface area contributed by atoms with Crippen LogP contribution in [0, 0.1) is 17.2 Å². The molecule has 7 heteroatoms. The molecule has 2 fully saturated rings. The Kier molecular flexibility index (Phi) is 5.58. The molecule has 156 valence electrons. The number of nitrogens with two attached hydrogens (primary N) is 1. The van der Waals surface area contributed by atoms with E-state index in [1.165, 1.54) is 51.4 Å². The van der Waals surface area contributed by atoms with Crippen molar-refractivity contribution in [2.75, 3.05) is 0 Å². The summed E-state index contributed by atoms with van der Waals surface area (Å²) in [5.41, 5.74) is 9.29. The van der Waals surface area contributed by atoms with Gasteiger partial charge in [-0.25, -0.2) is 9.97 Å². The molecule has 5 rings (SSSR count). The van der Waals surface area contributed by atoms with Crippen molar-refractivity contribution in [3.05, 3.63) is 24.3 Å². The SMILES string of the molecule is N#CCC1CCC(n2c(CN)nc3cnc4c(ccn4P=C4CCCCC4)c32)CC1. The average molecular weight is 421 g/mol. The summed E-state index contributed by atoms with van der Waals surface area (Å²) in [5.74, 6) is 1.49. The molecule has 6 nitrogen and oxygen atoms in total. The highest BCUT2D eigenvalue weighted by molar-refractivity contribution is 7.39. The fourth-order valence-corrected chi connectivity index (χ4v) is 6.48. The van der Waals surface area contributed by atoms with Crippen molar-refractivity contribution >= 4 is 35.7 Å². The first-order chi connectivity index (χ1) is 14.8. The van der Waals surface area contributed by atoms with Crippen LogP contribution < -0.4 is 5.73 Å². The van der Waals surface area contributed by atoms with Crippen molar-refractivity contribution in [3.8, 4) is 6.07 Å². The Morgan fingerprint density at radius 1 is 1.17 bits per heavy atom. The lowest BCUT2D eigenvalue weighted by Gasteiger charge is -2.29. The van der Waals surface area contributed by atoms with Gasteiger partial charge in [-0.15, -0.1) is 0 Å². The summed E-state index contributed by atoms with van der Waals surface area (Å²) < 4.78 is 4.69. The molecule has 3 aromatic heterocycles. The van der Waals surface area contributed by atoms with Crippen LogP contribution >= 0.6 is 8.35 Å². The molecular formula is C23H29N6P. The molecule has 2 aliphatic rings. The summed E-state index contributed by atoms with van der Waals surface area (Å²) >= 11 is 0. The van der Waals surface area contributed by atoms with Gasteiger partial charge in [-0.2, -0.15) is 5.26 Å². The van der Waals surface area contributed by atoms with Crippen molar-refractivity contribution in [1.82, 2.24) is 18.9 Å². The molecule has 0 aromatic carbocycles. The van der Waals surface area contributed by atoms with Crippen LogP contribution in [-0.4, -0.2) is 24.2 Å². The van der Waals surface area contributed by atoms with Crippen LogP contribution in [0.5, 0.6) is 0 Å². The van der Waals surface area contributed by atoms with E-state index in [-0.39, 0.29) is 0 Å². The standard InChI is InChI=1S/C23H29N6P/c24-12-10-16-6-8-17(9-7-16)29-21(14-25)27-20-15-26-23-19(22(20)29)11-13-28(23)30-18-4-2-1-3-5-18/h11,13,15-17H,1-10,14,25H2. The summed E-state index contributed by atoms with van der Waals surface area (Å²) in [5, 5.41) is 11.8. The summed E-state index contributed by atoms with van der Waals surface area (Å²) in [4.78, 5) is 9.64. The van der Waals surface area contributed by atoms with Gasteiger partial charge < -0.3 is 10.3 Å². The Labute approximate surface area is 178 Å². The van der Waals surface area contributed by atoms with Crippen LogP contribution in [0.15, 0.2) is 18.5 Å². The number of pyridine rings is 1. The Hall–Kier alpha value is -2.22. The highest BCUT2D eigenvalue weighted by Gasteiger charge is 2.26. The molecule has 0 bridgehead atoms. The number of nitrogens with zero attached hydrogens (tertiary/aromatic N) is 5. The minimum Gasteiger partial charge on any atom is -0.324 e. The maximum absolute atomic E-state index is 9.04. The van der Waals surface area contributed by atoms with Gasteiger partial charge in [0.25, 0.3) is 0 Å². The van der Waals surface area contributed by atoms with Crippen LogP contribution in [0.2, 0.25) is 0 Å². The number of hydrogen-bond donors (Lipinski definition) is 1. The number of aromatic nitrogens is 4. The van der Waals surface area contributed by atoms with Gasteiger partial charge in [0.05, 0.1) is 24.3 Å². The van der Waals surface area contributed by atoms with Gasteiger partial charge in [-0.05, 0) is 68.6 Å². The van der Waals surface area contributed by atoms with Gasteiger partial charge in [0, 0.05) is 32.4 Å². The molecule has 0 unspecified atom stereocenters. The Bertz CT molecular complexity index is 1120. The number of rotatable bonds is 4. The average Bonchev–Trinajstić information content (AvgIpc) is 3.36. The van der Waals surface area contributed by atoms with E-state index in [0.29, 0.717) is 24.9 Å². The first kappa shape index (κ1) is 19.7. The van der Waals surface area contributed by atoms with Gasteiger partial charge >= 0.3 is 0 Å². The van der Waals surface area contributed by atoms with E-state index in [1.807, 2.05) is 6.20 Å². The van der Waals surface area contributed by atoms with Crippen LogP contribution in [-0.2, 0) is 6.54 Å². The molecule has 0 atom stereocenters. The monoisotopic (exact) mass is 420 g/mol. The molecule has 0 amide bonds. The molecule has 3 heterocycles. The Morgan fingerprint density at radius 2 is 1.97 bits per heavy atom. The maximum Gasteiger partial charge on any atom is 0.149 e. The predicted octanol–water partition coefficient (Wildman–Crippen LogP) is 5.34. The quantitative estimate of drug-likeness (QED) is 0.578. The number of nitriles is 1. The lowest BCUT2D eigenvalue weighted by atomic mass is 9.84. The Balaban J connectivity index is 1.57. The van der Waals surface area contributed by atoms with Crippen molar-refractivity contribution in [1.29, 1.82) is 5.26 Å². The van der Waals surface area contributed by atoms with Gasteiger partial charge in [-0.1, -0.05) is 6.42 Å². The Morgan fingerprint density at radius 3 is 2.70 bits per heavy atom. The van der Waals surface area contributed by atoms with Crippen LogP contribution in [0.4, 0.5) is 0 Å². The maximum atomic E-state index is 9.04. The molecule has 0 radical (unpaired) electrons. The zero-order valence-electron chi connectivity index (χ0n) is 17.4. The molecule has 0 aliphatic heterocycles. The second-order valence-electron chi connectivity index (χ2n) is 8.76. The van der Waals surface area contributed by atoms with E-state index in [9.17, 15) is 0 Å². The summed E-state index contributed by atoms with van der Waals surface area (Å²) in [6.07, 6.45) is 15.7. The third-order valence-electron chi connectivity index (χ3n) is 6.84. The van der Waals surface area contributed by atoms with Gasteiger partial charge in [-0.3, -0.25) is 4.34 Å². The molecule has 30 heavy (non-hydrogen) atoms. The zero-order valence-corrected chi connectivity index (χ0v) is 18.3. The van der Waals surface area contributed by atoms with E-state index < -0.39 is 0 Å². The van der Waals surface area contributed by atoms with E-state index in [2.05, 4.69) is 27.2 Å². The van der Waals surface area contributed by atoms with Crippen molar-refractivity contribution in [2.24, 2.45) is 11.7 Å². The minimum atomic E-state index is 0.405. The number of fused-ring (bicyclic) bond motifs is 3. The molecule has 0 spiro atoms. The summed E-state index contributed by atoms with van der Waals surface area (Å²) in [6.45, 7) is 0.436. The number of hydrogen-bond acceptors (Lipinski definition) is 4. The van der Waals surface area contributed by atoms with Gasteiger partial charge in [0.2, 0.25) is 0 Å². The van der Waals surface area contributed by atoms with E-state index in [4.69, 9.17) is 21.0 Å². The molecule has 3 aromatic rings. The van der Waals surface area contributed by atoms with E-state index in [1.54, 1.807) is 5.29 Å². The van der Waals surface area contributed by atoms with Gasteiger partial charge in [0.15, 0.2) is 0 Å². The molecule has 2 saturated carbocycles. The van der Waals surface area contributed by atoms with Crippen LogP contribution in [0.25, 0.3) is 22.1 Å². The van der Waals surface area contributed by atoms with Crippen molar-refractivity contribution < 1.29 is 0 Å². The highest BCUT2D eigenvalue weighted by Crippen LogP contribution is 2.38. The summed E-state index contributed by atoms with van der Waals surface area (Å²) in [6, 6.07) is 4.96. The predicted molar refractivity (Wildman–Crippen MR) is 123 cm³/mol. The van der Waals surface area contributed by atoms with Crippen molar-refractivity contribution in [2.45, 2.75) is 76.8 Å². The molecular weight excluding hydrogens is 391 g/mol. The van der Waals surface area contributed by atoms with Crippen LogP contribution in [0.1, 0.15) is 76.1 Å². The fourth-order valence-electron chi connectivity index (χ4n) is 5.27. The third-order valence-corrected chi connectivity index (χ3v) is 8.11. The zero-order chi connectivity index (χ0) is 20.5. The first-order valence-electron chi connectivity index (χ1n) is 11.3. The molecule has 2 aliphatic carbocycles. The lowest BCUT2D eigenvalue weighted by molar-refractivity contribution is 0.278. The largest absolute Gasteiger partial charge is 0.324 e. The number of imidazole rings is 1. The molecule has 2 N–H and O–H groups in total. The normalized spacial score (nSPS) is 22.7. The molecule has 0 saturated heterocycles. The van der Waals surface area contributed by atoms with Crippen LogP contribution in [0.3, 0.4) is 0 Å². The second kappa shape index (κ2) is 8.49. The highest BCUT2D eigenvalue weighted by atomic mass is 31.1. The fraction of sp³-hybridized carbons (Fsp3) is 0.565. The van der Waals surface area contributed by atoms with Gasteiger partial charge in [0.1, 0.15) is 17.0 Å². The smallest absolute Gasteiger partial charge is 0.149 e. The lowest BCUT2D eigenvalue weighted by Crippen LogP contribution is -2.21. The third kappa shape index (κ3) is 3.55. The van der Waals surface area contributed by atoms with E-state index >= 15 is 0 Å². The second-order valence-corrected chi connectivity index (χ2v) is 10.0. The minimum absolute atomic E-state index is 0.405. The summed E-state index contributed by atoms with van der Waals surface area (Å²) in [7, 11) is 1.28. The van der Waals surface area contributed by atoms with Crippen molar-refractivity contribution in [3.63, 3.8) is 0 Å².